The number of nitrogens with zero attached hydrogens (tertiary/aromatic N) is 1. The van der Waals surface area contributed by atoms with E-state index in [1.807, 2.05) is 58.0 Å². The van der Waals surface area contributed by atoms with Crippen molar-refractivity contribution in [1.29, 1.82) is 0 Å². The Morgan fingerprint density at radius 1 is 1.05 bits per heavy atom. The molecule has 0 bridgehead atoms. The fourth-order valence-electron chi connectivity index (χ4n) is 3.78. The number of nitrogens with one attached hydrogen (secondary N) is 1. The van der Waals surface area contributed by atoms with Crippen molar-refractivity contribution < 1.29 is 14.2 Å². The van der Waals surface area contributed by atoms with Crippen molar-refractivity contribution >= 4 is 48.5 Å². The van der Waals surface area contributed by atoms with Crippen LogP contribution in [-0.2, 0) is 16.4 Å². The molecule has 37 heavy (non-hydrogen) atoms. The third kappa shape index (κ3) is 7.73. The summed E-state index contributed by atoms with van der Waals surface area (Å²) in [5, 5.41) is 2.05. The van der Waals surface area contributed by atoms with Crippen molar-refractivity contribution in [1.82, 2.24) is 10.4 Å². The molecule has 0 fully saturated rings. The second-order valence-electron chi connectivity index (χ2n) is 12.3. The highest BCUT2D eigenvalue weighted by atomic mass is 79.9. The average Bonchev–Trinajstić information content (AvgIpc) is 2.80. The number of amides is 2. The number of benzene rings is 2. The molecule has 2 aromatic carbocycles. The summed E-state index contributed by atoms with van der Waals surface area (Å²) in [6, 6.07) is 11.4. The number of aryl methyl sites for hydroxylation is 1. The zero-order valence-electron chi connectivity index (χ0n) is 24.3. The van der Waals surface area contributed by atoms with Crippen LogP contribution in [0.1, 0.15) is 99.2 Å². The minimum absolute atomic E-state index is 0.0468. The molecule has 0 unspecified atom stereocenters. The lowest BCUT2D eigenvalue weighted by molar-refractivity contribution is 0.0358. The first-order valence-corrected chi connectivity index (χ1v) is 14.2. The van der Waals surface area contributed by atoms with Gasteiger partial charge in [-0.1, -0.05) is 67.4 Å². The van der Waals surface area contributed by atoms with Gasteiger partial charge in [0.15, 0.2) is 0 Å². The van der Waals surface area contributed by atoms with Gasteiger partial charge in [0, 0.05) is 22.1 Å². The van der Waals surface area contributed by atoms with E-state index in [0.29, 0.717) is 23.9 Å². The van der Waals surface area contributed by atoms with Gasteiger partial charge in [0.25, 0.3) is 11.8 Å². The van der Waals surface area contributed by atoms with Crippen molar-refractivity contribution in [3.8, 4) is 0 Å². The van der Waals surface area contributed by atoms with E-state index in [-0.39, 0.29) is 22.7 Å². The van der Waals surface area contributed by atoms with E-state index >= 15 is 0 Å². The van der Waals surface area contributed by atoms with Gasteiger partial charge in [-0.2, -0.15) is 0 Å². The second-order valence-corrected chi connectivity index (χ2v) is 12.8. The zero-order chi connectivity index (χ0) is 28.2. The van der Waals surface area contributed by atoms with E-state index in [2.05, 4.69) is 69.9 Å². The van der Waals surface area contributed by atoms with Crippen LogP contribution in [0.15, 0.2) is 36.4 Å². The molecule has 0 aliphatic carbocycles. The third-order valence-electron chi connectivity index (χ3n) is 7.29. The molecule has 0 saturated carbocycles. The Morgan fingerprint density at radius 3 is 2.24 bits per heavy atom. The molecule has 0 radical (unpaired) electrons. The summed E-state index contributed by atoms with van der Waals surface area (Å²) in [5.74, 6) is -0.549. The molecule has 2 aromatic rings. The number of alkyl halides is 1. The molecule has 0 atom stereocenters. The number of rotatable bonds is 9. The van der Waals surface area contributed by atoms with Crippen molar-refractivity contribution in [2.45, 2.75) is 96.9 Å². The van der Waals surface area contributed by atoms with Crippen LogP contribution < -0.4 is 10.9 Å². The summed E-state index contributed by atoms with van der Waals surface area (Å²) >= 11 is 3.56. The van der Waals surface area contributed by atoms with Gasteiger partial charge in [-0.05, 0) is 87.6 Å². The van der Waals surface area contributed by atoms with E-state index in [0.717, 1.165) is 35.0 Å². The lowest BCUT2D eigenvalue weighted by Crippen LogP contribution is -2.56. The summed E-state index contributed by atoms with van der Waals surface area (Å²) in [6.45, 7) is 18.3. The van der Waals surface area contributed by atoms with E-state index in [4.69, 9.17) is 4.65 Å². The number of hydrogen-bond donors (Lipinski definition) is 1. The van der Waals surface area contributed by atoms with Gasteiger partial charge < -0.3 is 4.65 Å². The first-order valence-electron chi connectivity index (χ1n) is 13.1. The maximum Gasteiger partial charge on any atom is 0.309 e. The molecule has 0 aromatic heterocycles. The number of halogens is 1. The first-order chi connectivity index (χ1) is 17.0. The van der Waals surface area contributed by atoms with Gasteiger partial charge in [-0.25, -0.2) is 5.01 Å². The minimum atomic E-state index is -0.638. The van der Waals surface area contributed by atoms with Gasteiger partial charge in [-0.15, -0.1) is 0 Å². The monoisotopic (exact) mass is 568 g/mol. The zero-order valence-corrected chi connectivity index (χ0v) is 25.9. The van der Waals surface area contributed by atoms with Crippen LogP contribution in [-0.4, -0.2) is 43.3 Å². The molecule has 200 valence electrons. The van der Waals surface area contributed by atoms with Gasteiger partial charge in [0.2, 0.25) is 0 Å². The smallest absolute Gasteiger partial charge is 0.309 e. The standard InChI is InChI=1S/C29H43B2BrN2O3/c1-10-12-20-13-11-14-23(19(20)2)25(35)33-34(27(3,4)5)26(36)21-15-16-22(18-32)24(17-21)31-37-29(8,9)28(6,7)30/h11,13-17,31H,10,12,18,30H2,1-9H3,(H,33,35). The van der Waals surface area contributed by atoms with Crippen molar-refractivity contribution in [3.63, 3.8) is 0 Å². The number of hydrazine groups is 1. The quantitative estimate of drug-likeness (QED) is 0.262. The molecule has 0 aliphatic heterocycles. The molecule has 0 aliphatic rings. The lowest BCUT2D eigenvalue weighted by Gasteiger charge is -2.39. The highest BCUT2D eigenvalue weighted by Crippen LogP contribution is 2.36. The Balaban J connectivity index is 2.38. The molecule has 0 heterocycles. The normalized spacial score (nSPS) is 12.3. The minimum Gasteiger partial charge on any atom is -0.430 e. The predicted molar refractivity (Wildman–Crippen MR) is 162 cm³/mol. The second kappa shape index (κ2) is 12.2. The highest BCUT2D eigenvalue weighted by Gasteiger charge is 2.34. The maximum atomic E-state index is 13.8. The fourth-order valence-corrected chi connectivity index (χ4v) is 4.33. The lowest BCUT2D eigenvalue weighted by atomic mass is 9.61. The molecular weight excluding hydrogens is 526 g/mol. The van der Waals surface area contributed by atoms with Gasteiger partial charge in [-0.3, -0.25) is 15.0 Å². The average molecular weight is 569 g/mol. The molecule has 0 saturated heterocycles. The topological polar surface area (TPSA) is 58.6 Å². The third-order valence-corrected chi connectivity index (χ3v) is 7.89. The summed E-state index contributed by atoms with van der Waals surface area (Å²) < 4.78 is 6.34. The van der Waals surface area contributed by atoms with Crippen LogP contribution in [0.25, 0.3) is 0 Å². The Hall–Kier alpha value is -2.05. The van der Waals surface area contributed by atoms with E-state index in [1.165, 1.54) is 5.01 Å². The maximum absolute atomic E-state index is 13.8. The van der Waals surface area contributed by atoms with Crippen molar-refractivity contribution in [3.05, 3.63) is 64.2 Å². The fraction of sp³-hybridized carbons (Fsp3) is 0.517. The number of hydrogen-bond acceptors (Lipinski definition) is 3. The number of carbonyl (C=O) groups excluding carboxylic acids is 2. The Labute approximate surface area is 233 Å². The predicted octanol–water partition coefficient (Wildman–Crippen LogP) is 5.03. The molecule has 5 nitrogen and oxygen atoms in total. The first kappa shape index (κ1) is 31.2. The van der Waals surface area contributed by atoms with Crippen LogP contribution in [0.2, 0.25) is 5.31 Å². The van der Waals surface area contributed by atoms with Crippen molar-refractivity contribution in [2.75, 3.05) is 0 Å². The number of carbonyl (C=O) groups is 2. The van der Waals surface area contributed by atoms with E-state index in [1.54, 1.807) is 0 Å². The largest absolute Gasteiger partial charge is 0.430 e. The van der Waals surface area contributed by atoms with E-state index in [9.17, 15) is 9.59 Å². The molecule has 1 N–H and O–H groups in total. The Morgan fingerprint density at radius 2 is 1.70 bits per heavy atom. The van der Waals surface area contributed by atoms with Crippen LogP contribution in [0, 0.1) is 6.92 Å². The van der Waals surface area contributed by atoms with Crippen LogP contribution in [0.5, 0.6) is 0 Å². The van der Waals surface area contributed by atoms with Crippen LogP contribution in [0.4, 0.5) is 0 Å². The van der Waals surface area contributed by atoms with Crippen LogP contribution >= 0.6 is 15.9 Å². The van der Waals surface area contributed by atoms with Crippen molar-refractivity contribution in [2.24, 2.45) is 0 Å². The van der Waals surface area contributed by atoms with Crippen LogP contribution in [0.3, 0.4) is 0 Å². The van der Waals surface area contributed by atoms with Gasteiger partial charge in [0.1, 0.15) is 7.85 Å². The molecular formula is C29H43B2BrN2O3. The Kier molecular flexibility index (Phi) is 10.3. The molecule has 0 spiro atoms. The van der Waals surface area contributed by atoms with E-state index < -0.39 is 5.54 Å². The highest BCUT2D eigenvalue weighted by molar-refractivity contribution is 9.08. The molecule has 2 rings (SSSR count). The molecule has 8 heteroatoms. The summed E-state index contributed by atoms with van der Waals surface area (Å²) in [6.07, 6.45) is 1.91. The Bertz CT molecular complexity index is 1120. The van der Waals surface area contributed by atoms with Gasteiger partial charge in [0.05, 0.1) is 5.54 Å². The van der Waals surface area contributed by atoms with Gasteiger partial charge >= 0.3 is 7.48 Å². The summed E-state index contributed by atoms with van der Waals surface area (Å²) in [4.78, 5) is 27.1. The SMILES string of the molecule is BC(C)(C)C(C)(C)OBc1cc(C(=O)N(NC(=O)c2cccc(CCC)c2C)C(C)(C)C)ccc1CBr. The molecule has 2 amide bonds. The summed E-state index contributed by atoms with van der Waals surface area (Å²) in [5.41, 5.74) is 7.12. The summed E-state index contributed by atoms with van der Waals surface area (Å²) in [7, 11) is 2.54.